The number of hydrogen-bond acceptors (Lipinski definition) is 4. The van der Waals surface area contributed by atoms with Crippen molar-refractivity contribution in [3.8, 4) is 11.5 Å². The van der Waals surface area contributed by atoms with Gasteiger partial charge in [-0.1, -0.05) is 23.7 Å². The zero-order chi connectivity index (χ0) is 18.7. The molecule has 0 bridgehead atoms. The number of fused-ring (bicyclic) bond motifs is 1. The van der Waals surface area contributed by atoms with Crippen LogP contribution in [0.15, 0.2) is 36.4 Å². The van der Waals surface area contributed by atoms with E-state index in [1.54, 1.807) is 18.2 Å². The monoisotopic (exact) mass is 378 g/mol. The number of rotatable bonds is 5. The predicted molar refractivity (Wildman–Crippen MR) is 92.7 cm³/mol. The van der Waals surface area contributed by atoms with Crippen molar-refractivity contribution in [3.05, 3.63) is 58.4 Å². The number of nitrogens with one attached hydrogen (secondary N) is 2. The zero-order valence-corrected chi connectivity index (χ0v) is 14.6. The fraction of sp³-hybridized carbons (Fsp3) is 0.222. The summed E-state index contributed by atoms with van der Waals surface area (Å²) in [6.45, 7) is 1.92. The van der Waals surface area contributed by atoms with Crippen LogP contribution in [0.5, 0.6) is 11.5 Å². The number of amides is 2. The molecule has 6 nitrogen and oxygen atoms in total. The summed E-state index contributed by atoms with van der Waals surface area (Å²) in [5.41, 5.74) is 0.530. The third kappa shape index (κ3) is 3.88. The van der Waals surface area contributed by atoms with Crippen LogP contribution in [0.4, 0.5) is 4.39 Å². The van der Waals surface area contributed by atoms with Crippen molar-refractivity contribution in [2.75, 3.05) is 6.79 Å². The van der Waals surface area contributed by atoms with Crippen LogP contribution in [0.2, 0.25) is 5.02 Å². The highest BCUT2D eigenvalue weighted by molar-refractivity contribution is 6.33. The van der Waals surface area contributed by atoms with E-state index in [-0.39, 0.29) is 23.9 Å². The van der Waals surface area contributed by atoms with Crippen molar-refractivity contribution in [1.82, 2.24) is 10.6 Å². The molecule has 0 unspecified atom stereocenters. The summed E-state index contributed by atoms with van der Waals surface area (Å²) >= 11 is 5.85. The van der Waals surface area contributed by atoms with Crippen LogP contribution in [0, 0.1) is 5.82 Å². The average Bonchev–Trinajstić information content (AvgIpc) is 3.07. The summed E-state index contributed by atoms with van der Waals surface area (Å²) in [6, 6.07) is 8.40. The summed E-state index contributed by atoms with van der Waals surface area (Å²) in [7, 11) is 0. The minimum absolute atomic E-state index is 0.0181. The topological polar surface area (TPSA) is 76.7 Å². The summed E-state index contributed by atoms with van der Waals surface area (Å²) < 4.78 is 24.3. The van der Waals surface area contributed by atoms with E-state index in [4.69, 9.17) is 21.1 Å². The van der Waals surface area contributed by atoms with E-state index in [0.717, 1.165) is 11.6 Å². The standard InChI is InChI=1S/C18H16ClFN2O4/c1-10(22-18(24)16-12(19)3-2-4-13(16)20)17(23)21-8-11-5-6-14-15(7-11)26-9-25-14/h2-7,10H,8-9H2,1H3,(H,21,23)(H,22,24)/t10-/m0/s1. The quantitative estimate of drug-likeness (QED) is 0.838. The van der Waals surface area contributed by atoms with E-state index < -0.39 is 23.7 Å². The highest BCUT2D eigenvalue weighted by atomic mass is 35.5. The molecule has 0 aromatic heterocycles. The van der Waals surface area contributed by atoms with Crippen molar-refractivity contribution in [2.24, 2.45) is 0 Å². The van der Waals surface area contributed by atoms with Gasteiger partial charge in [-0.15, -0.1) is 0 Å². The average molecular weight is 379 g/mol. The normalized spacial score (nSPS) is 13.2. The van der Waals surface area contributed by atoms with Crippen LogP contribution in [0.1, 0.15) is 22.8 Å². The second kappa shape index (κ2) is 7.61. The molecule has 3 rings (SSSR count). The van der Waals surface area contributed by atoms with Gasteiger partial charge in [-0.05, 0) is 36.8 Å². The van der Waals surface area contributed by atoms with Crippen LogP contribution in [0.25, 0.3) is 0 Å². The lowest BCUT2D eigenvalue weighted by Gasteiger charge is -2.15. The van der Waals surface area contributed by atoms with Gasteiger partial charge in [0.25, 0.3) is 5.91 Å². The van der Waals surface area contributed by atoms with Crippen molar-refractivity contribution in [1.29, 1.82) is 0 Å². The third-order valence-corrected chi connectivity index (χ3v) is 4.15. The molecule has 136 valence electrons. The first kappa shape index (κ1) is 18.0. The molecule has 1 heterocycles. The Balaban J connectivity index is 1.57. The van der Waals surface area contributed by atoms with E-state index in [2.05, 4.69) is 10.6 Å². The van der Waals surface area contributed by atoms with Gasteiger partial charge in [0.1, 0.15) is 11.9 Å². The molecule has 1 atom stereocenters. The molecule has 2 amide bonds. The summed E-state index contributed by atoms with van der Waals surface area (Å²) in [5, 5.41) is 5.12. The largest absolute Gasteiger partial charge is 0.454 e. The molecule has 0 fully saturated rings. The summed E-state index contributed by atoms with van der Waals surface area (Å²) in [5.74, 6) is -0.639. The molecule has 2 aromatic rings. The molecular weight excluding hydrogens is 363 g/mol. The Morgan fingerprint density at radius 2 is 2.00 bits per heavy atom. The summed E-state index contributed by atoms with van der Waals surface area (Å²) in [6.07, 6.45) is 0. The van der Waals surface area contributed by atoms with Gasteiger partial charge in [0.05, 0.1) is 10.6 Å². The Bertz CT molecular complexity index is 839. The Morgan fingerprint density at radius 3 is 2.77 bits per heavy atom. The number of hydrogen-bond donors (Lipinski definition) is 2. The number of carbonyl (C=O) groups is 2. The Labute approximate surface area is 154 Å². The van der Waals surface area contributed by atoms with Crippen LogP contribution >= 0.6 is 11.6 Å². The molecule has 0 saturated heterocycles. The highest BCUT2D eigenvalue weighted by Crippen LogP contribution is 2.32. The van der Waals surface area contributed by atoms with E-state index in [0.29, 0.717) is 11.5 Å². The predicted octanol–water partition coefficient (Wildman–Crippen LogP) is 2.64. The lowest BCUT2D eigenvalue weighted by atomic mass is 10.1. The molecular formula is C18H16ClFN2O4. The molecule has 0 aliphatic carbocycles. The van der Waals surface area contributed by atoms with Gasteiger partial charge in [0.2, 0.25) is 12.7 Å². The van der Waals surface area contributed by atoms with Crippen LogP contribution < -0.4 is 20.1 Å². The molecule has 1 aliphatic rings. The Hall–Kier alpha value is -2.80. The maximum atomic E-state index is 13.8. The Morgan fingerprint density at radius 1 is 1.23 bits per heavy atom. The molecule has 26 heavy (non-hydrogen) atoms. The third-order valence-electron chi connectivity index (χ3n) is 3.83. The zero-order valence-electron chi connectivity index (χ0n) is 13.8. The SMILES string of the molecule is C[C@H](NC(=O)c1c(F)cccc1Cl)C(=O)NCc1ccc2c(c1)OCO2. The van der Waals surface area contributed by atoms with Gasteiger partial charge in [0.15, 0.2) is 11.5 Å². The lowest BCUT2D eigenvalue weighted by molar-refractivity contribution is -0.122. The van der Waals surface area contributed by atoms with Gasteiger partial charge < -0.3 is 20.1 Å². The van der Waals surface area contributed by atoms with Crippen molar-refractivity contribution in [3.63, 3.8) is 0 Å². The maximum Gasteiger partial charge on any atom is 0.256 e. The van der Waals surface area contributed by atoms with E-state index in [1.807, 2.05) is 0 Å². The van der Waals surface area contributed by atoms with Crippen LogP contribution in [-0.2, 0) is 11.3 Å². The first-order chi connectivity index (χ1) is 12.5. The highest BCUT2D eigenvalue weighted by Gasteiger charge is 2.21. The van der Waals surface area contributed by atoms with E-state index in [9.17, 15) is 14.0 Å². The molecule has 8 heteroatoms. The molecule has 0 saturated carbocycles. The van der Waals surface area contributed by atoms with Gasteiger partial charge in [-0.3, -0.25) is 9.59 Å². The van der Waals surface area contributed by atoms with Gasteiger partial charge in [-0.25, -0.2) is 4.39 Å². The fourth-order valence-electron chi connectivity index (χ4n) is 2.44. The number of halogens is 2. The minimum atomic E-state index is -0.868. The number of benzene rings is 2. The van der Waals surface area contributed by atoms with Crippen LogP contribution in [-0.4, -0.2) is 24.6 Å². The fourth-order valence-corrected chi connectivity index (χ4v) is 2.69. The smallest absolute Gasteiger partial charge is 0.256 e. The van der Waals surface area contributed by atoms with Crippen LogP contribution in [0.3, 0.4) is 0 Å². The molecule has 0 spiro atoms. The maximum absolute atomic E-state index is 13.8. The lowest BCUT2D eigenvalue weighted by Crippen LogP contribution is -2.44. The Kier molecular flexibility index (Phi) is 5.27. The van der Waals surface area contributed by atoms with Gasteiger partial charge in [-0.2, -0.15) is 0 Å². The molecule has 2 aromatic carbocycles. The first-order valence-electron chi connectivity index (χ1n) is 7.87. The second-order valence-electron chi connectivity index (χ2n) is 5.70. The number of carbonyl (C=O) groups excluding carboxylic acids is 2. The van der Waals surface area contributed by atoms with E-state index >= 15 is 0 Å². The summed E-state index contributed by atoms with van der Waals surface area (Å²) in [4.78, 5) is 24.3. The minimum Gasteiger partial charge on any atom is -0.454 e. The molecule has 1 aliphatic heterocycles. The second-order valence-corrected chi connectivity index (χ2v) is 6.10. The van der Waals surface area contributed by atoms with E-state index in [1.165, 1.54) is 19.1 Å². The van der Waals surface area contributed by atoms with Crippen molar-refractivity contribution >= 4 is 23.4 Å². The van der Waals surface area contributed by atoms with Crippen molar-refractivity contribution in [2.45, 2.75) is 19.5 Å². The molecule has 2 N–H and O–H groups in total. The number of ether oxygens (including phenoxy) is 2. The molecule has 0 radical (unpaired) electrons. The van der Waals surface area contributed by atoms with Gasteiger partial charge in [0, 0.05) is 6.54 Å². The van der Waals surface area contributed by atoms with Crippen molar-refractivity contribution < 1.29 is 23.5 Å². The first-order valence-corrected chi connectivity index (χ1v) is 8.24. The van der Waals surface area contributed by atoms with Gasteiger partial charge >= 0.3 is 0 Å².